The summed E-state index contributed by atoms with van der Waals surface area (Å²) >= 11 is 0. The van der Waals surface area contributed by atoms with Crippen molar-refractivity contribution in [2.45, 2.75) is 44.6 Å². The number of carbonyl (C=O) groups is 2. The maximum absolute atomic E-state index is 12.3. The molecule has 0 bridgehead atoms. The van der Waals surface area contributed by atoms with Crippen LogP contribution in [0.3, 0.4) is 0 Å². The summed E-state index contributed by atoms with van der Waals surface area (Å²) in [5, 5.41) is 13.5. The maximum atomic E-state index is 12.3. The molecule has 2 aliphatic rings. The standard InChI is InChI=1S/C18H23N3O4/c22-17-11-14(12-20(17)15-3-1-2-4-15)18(23)19-10-9-13-5-7-16(8-6-13)21(24)25/h5-8,14-15H,1-4,9-12H2,(H,19,23)/t14-/m0/s1. The van der Waals surface area contributed by atoms with Gasteiger partial charge in [-0.05, 0) is 24.8 Å². The van der Waals surface area contributed by atoms with Gasteiger partial charge in [0.15, 0.2) is 0 Å². The monoisotopic (exact) mass is 345 g/mol. The summed E-state index contributed by atoms with van der Waals surface area (Å²) in [6, 6.07) is 6.65. The van der Waals surface area contributed by atoms with Crippen LogP contribution in [0.15, 0.2) is 24.3 Å². The molecule has 3 rings (SSSR count). The molecule has 1 atom stereocenters. The Morgan fingerprint density at radius 2 is 1.92 bits per heavy atom. The molecule has 1 aromatic rings. The van der Waals surface area contributed by atoms with Gasteiger partial charge in [-0.2, -0.15) is 0 Å². The Labute approximate surface area is 146 Å². The lowest BCUT2D eigenvalue weighted by Crippen LogP contribution is -2.37. The van der Waals surface area contributed by atoms with Crippen LogP contribution >= 0.6 is 0 Å². The third-order valence-electron chi connectivity index (χ3n) is 5.15. The maximum Gasteiger partial charge on any atom is 0.269 e. The van der Waals surface area contributed by atoms with Crippen LogP contribution in [-0.4, -0.2) is 40.8 Å². The average Bonchev–Trinajstić information content (AvgIpc) is 3.24. The van der Waals surface area contributed by atoms with E-state index in [0.29, 0.717) is 32.0 Å². The third-order valence-corrected chi connectivity index (χ3v) is 5.15. The van der Waals surface area contributed by atoms with E-state index in [0.717, 1.165) is 18.4 Å². The number of nitrogens with zero attached hydrogens (tertiary/aromatic N) is 2. The van der Waals surface area contributed by atoms with Crippen molar-refractivity contribution in [3.05, 3.63) is 39.9 Å². The molecule has 0 radical (unpaired) electrons. The molecule has 0 unspecified atom stereocenters. The van der Waals surface area contributed by atoms with Gasteiger partial charge in [-0.1, -0.05) is 25.0 Å². The number of hydrogen-bond acceptors (Lipinski definition) is 4. The Bertz CT molecular complexity index is 653. The van der Waals surface area contributed by atoms with Gasteiger partial charge in [-0.3, -0.25) is 19.7 Å². The van der Waals surface area contributed by atoms with E-state index in [1.807, 2.05) is 4.90 Å². The summed E-state index contributed by atoms with van der Waals surface area (Å²) in [6.45, 7) is 0.998. The van der Waals surface area contributed by atoms with E-state index in [1.165, 1.54) is 25.0 Å². The topological polar surface area (TPSA) is 92.5 Å². The SMILES string of the molecule is O=C(NCCc1ccc([N+](=O)[O-])cc1)[C@H]1CC(=O)N(C2CCCC2)C1. The second kappa shape index (κ2) is 7.63. The number of amides is 2. The Hall–Kier alpha value is -2.44. The predicted octanol–water partition coefficient (Wildman–Crippen LogP) is 2.04. The number of carbonyl (C=O) groups excluding carboxylic acids is 2. The highest BCUT2D eigenvalue weighted by atomic mass is 16.6. The lowest BCUT2D eigenvalue weighted by Gasteiger charge is -2.23. The number of benzene rings is 1. The van der Waals surface area contributed by atoms with Gasteiger partial charge in [0.1, 0.15) is 0 Å². The summed E-state index contributed by atoms with van der Waals surface area (Å²) < 4.78 is 0. The zero-order valence-electron chi connectivity index (χ0n) is 14.1. The van der Waals surface area contributed by atoms with Crippen molar-refractivity contribution in [1.82, 2.24) is 10.2 Å². The molecule has 2 fully saturated rings. The average molecular weight is 345 g/mol. The van der Waals surface area contributed by atoms with Gasteiger partial charge in [0.25, 0.3) is 5.69 Å². The minimum Gasteiger partial charge on any atom is -0.355 e. The van der Waals surface area contributed by atoms with E-state index < -0.39 is 4.92 Å². The molecule has 1 saturated carbocycles. The summed E-state index contributed by atoms with van der Waals surface area (Å²) in [4.78, 5) is 36.5. The Morgan fingerprint density at radius 3 is 2.56 bits per heavy atom. The van der Waals surface area contributed by atoms with E-state index in [1.54, 1.807) is 12.1 Å². The molecule has 1 N–H and O–H groups in total. The first-order valence-electron chi connectivity index (χ1n) is 8.85. The fourth-order valence-corrected chi connectivity index (χ4v) is 3.73. The number of hydrogen-bond donors (Lipinski definition) is 1. The van der Waals surface area contributed by atoms with Gasteiger partial charge in [-0.25, -0.2) is 0 Å². The van der Waals surface area contributed by atoms with Gasteiger partial charge in [0.05, 0.1) is 10.8 Å². The molecule has 0 aromatic heterocycles. The van der Waals surface area contributed by atoms with Gasteiger partial charge in [-0.15, -0.1) is 0 Å². The van der Waals surface area contributed by atoms with Crippen molar-refractivity contribution >= 4 is 17.5 Å². The quantitative estimate of drug-likeness (QED) is 0.631. The molecule has 134 valence electrons. The normalized spacial score (nSPS) is 20.9. The highest BCUT2D eigenvalue weighted by Crippen LogP contribution is 2.29. The zero-order chi connectivity index (χ0) is 17.8. The molecule has 1 heterocycles. The Balaban J connectivity index is 1.45. The summed E-state index contributed by atoms with van der Waals surface area (Å²) in [6.07, 6.45) is 5.36. The fourth-order valence-electron chi connectivity index (χ4n) is 3.73. The Kier molecular flexibility index (Phi) is 5.31. The van der Waals surface area contributed by atoms with Crippen molar-refractivity contribution in [2.75, 3.05) is 13.1 Å². The van der Waals surface area contributed by atoms with Crippen LogP contribution in [0, 0.1) is 16.0 Å². The number of rotatable bonds is 6. The highest BCUT2D eigenvalue weighted by Gasteiger charge is 2.38. The largest absolute Gasteiger partial charge is 0.355 e. The van der Waals surface area contributed by atoms with Crippen LogP contribution in [0.4, 0.5) is 5.69 Å². The number of nitro benzene ring substituents is 1. The third kappa shape index (κ3) is 4.15. The fraction of sp³-hybridized carbons (Fsp3) is 0.556. The Morgan fingerprint density at radius 1 is 1.24 bits per heavy atom. The molecule has 2 amide bonds. The van der Waals surface area contributed by atoms with Crippen LogP contribution in [-0.2, 0) is 16.0 Å². The molecule has 25 heavy (non-hydrogen) atoms. The number of non-ortho nitro benzene ring substituents is 1. The molecule has 1 aliphatic carbocycles. The van der Waals surface area contributed by atoms with Crippen molar-refractivity contribution in [1.29, 1.82) is 0 Å². The summed E-state index contributed by atoms with van der Waals surface area (Å²) in [5.41, 5.74) is 0.991. The van der Waals surface area contributed by atoms with Crippen LogP contribution in [0.2, 0.25) is 0 Å². The van der Waals surface area contributed by atoms with E-state index in [-0.39, 0.29) is 23.4 Å². The second-order valence-electron chi connectivity index (χ2n) is 6.85. The molecular formula is C18H23N3O4. The molecule has 7 heteroatoms. The summed E-state index contributed by atoms with van der Waals surface area (Å²) in [5.74, 6) is -0.233. The lowest BCUT2D eigenvalue weighted by molar-refractivity contribution is -0.384. The molecular weight excluding hydrogens is 322 g/mol. The molecule has 1 saturated heterocycles. The van der Waals surface area contributed by atoms with Gasteiger partial charge < -0.3 is 10.2 Å². The van der Waals surface area contributed by atoms with Crippen LogP contribution < -0.4 is 5.32 Å². The molecule has 1 aliphatic heterocycles. The van der Waals surface area contributed by atoms with Gasteiger partial charge >= 0.3 is 0 Å². The van der Waals surface area contributed by atoms with E-state index >= 15 is 0 Å². The minimum absolute atomic E-state index is 0.0595. The van der Waals surface area contributed by atoms with Crippen LogP contribution in [0.25, 0.3) is 0 Å². The van der Waals surface area contributed by atoms with Crippen molar-refractivity contribution in [3.63, 3.8) is 0 Å². The van der Waals surface area contributed by atoms with Gasteiger partial charge in [0, 0.05) is 37.7 Å². The van der Waals surface area contributed by atoms with Crippen LogP contribution in [0.1, 0.15) is 37.7 Å². The molecule has 1 aromatic carbocycles. The van der Waals surface area contributed by atoms with Gasteiger partial charge in [0.2, 0.25) is 11.8 Å². The number of nitrogens with one attached hydrogen (secondary N) is 1. The van der Waals surface area contributed by atoms with E-state index in [9.17, 15) is 19.7 Å². The summed E-state index contributed by atoms with van der Waals surface area (Å²) in [7, 11) is 0. The second-order valence-corrected chi connectivity index (χ2v) is 6.85. The first kappa shape index (κ1) is 17.4. The predicted molar refractivity (Wildman–Crippen MR) is 91.9 cm³/mol. The minimum atomic E-state index is -0.432. The number of nitro groups is 1. The number of likely N-dealkylation sites (tertiary alicyclic amines) is 1. The van der Waals surface area contributed by atoms with E-state index in [2.05, 4.69) is 5.32 Å². The first-order chi connectivity index (χ1) is 12.0. The lowest BCUT2D eigenvalue weighted by atomic mass is 10.1. The van der Waals surface area contributed by atoms with Crippen molar-refractivity contribution in [3.8, 4) is 0 Å². The molecule has 7 nitrogen and oxygen atoms in total. The van der Waals surface area contributed by atoms with Crippen LogP contribution in [0.5, 0.6) is 0 Å². The highest BCUT2D eigenvalue weighted by molar-refractivity contribution is 5.89. The van der Waals surface area contributed by atoms with Crippen molar-refractivity contribution < 1.29 is 14.5 Å². The smallest absolute Gasteiger partial charge is 0.269 e. The molecule has 0 spiro atoms. The van der Waals surface area contributed by atoms with E-state index in [4.69, 9.17) is 0 Å². The first-order valence-corrected chi connectivity index (χ1v) is 8.85. The zero-order valence-corrected chi connectivity index (χ0v) is 14.1. The van der Waals surface area contributed by atoms with Crippen molar-refractivity contribution in [2.24, 2.45) is 5.92 Å².